The van der Waals surface area contributed by atoms with Gasteiger partial charge in [-0.2, -0.15) is 0 Å². The second-order valence-electron chi connectivity index (χ2n) is 3.05. The van der Waals surface area contributed by atoms with Crippen molar-refractivity contribution in [3.8, 4) is 0 Å². The fraction of sp³-hybridized carbons (Fsp3) is 0.300. The van der Waals surface area contributed by atoms with Gasteiger partial charge in [0.05, 0.1) is 12.3 Å². The highest BCUT2D eigenvalue weighted by Gasteiger charge is 2.06. The Bertz CT molecular complexity index is 423. The fourth-order valence-electron chi connectivity index (χ4n) is 1.12. The smallest absolute Gasteiger partial charge is 0.281 e. The van der Waals surface area contributed by atoms with Gasteiger partial charge in [-0.3, -0.25) is 4.79 Å². The molecule has 1 amide bonds. The Balaban J connectivity index is 2.62. The number of aliphatic imine (C=N–C) groups is 1. The zero-order valence-corrected chi connectivity index (χ0v) is 9.31. The lowest BCUT2D eigenvalue weighted by Crippen LogP contribution is -2.18. The third-order valence-electron chi connectivity index (χ3n) is 1.93. The lowest BCUT2D eigenvalue weighted by molar-refractivity contribution is -0.105. The van der Waals surface area contributed by atoms with E-state index in [-0.39, 0.29) is 30.6 Å². The van der Waals surface area contributed by atoms with E-state index in [9.17, 15) is 9.18 Å². The predicted octanol–water partition coefficient (Wildman–Crippen LogP) is 0.293. The summed E-state index contributed by atoms with van der Waals surface area (Å²) in [5.74, 6) is -0.175. The number of hydrogen-bond acceptors (Lipinski definition) is 4. The number of carbonyl (C=O) groups excluding carboxylic acids is 1. The number of ether oxygens (including phenoxy) is 1. The minimum absolute atomic E-state index is 0.0348. The fourth-order valence-corrected chi connectivity index (χ4v) is 1.12. The zero-order valence-electron chi connectivity index (χ0n) is 9.31. The molecule has 1 aromatic rings. The number of pyridine rings is 1. The molecule has 0 unspecified atom stereocenters. The summed E-state index contributed by atoms with van der Waals surface area (Å²) in [6.07, 6.45) is 0.707. The molecule has 0 aliphatic heterocycles. The largest absolute Gasteiger partial charge is 0.465 e. The van der Waals surface area contributed by atoms with E-state index in [0.717, 1.165) is 0 Å². The van der Waals surface area contributed by atoms with Crippen LogP contribution in [0.1, 0.15) is 5.69 Å². The van der Waals surface area contributed by atoms with Gasteiger partial charge < -0.3 is 15.8 Å². The maximum Gasteiger partial charge on any atom is 0.281 e. The van der Waals surface area contributed by atoms with Crippen LogP contribution in [0.3, 0.4) is 0 Å². The number of amidine groups is 1. The van der Waals surface area contributed by atoms with Gasteiger partial charge in [0.15, 0.2) is 0 Å². The summed E-state index contributed by atoms with van der Waals surface area (Å²) in [6.45, 7) is 0.164. The van der Waals surface area contributed by atoms with E-state index in [4.69, 9.17) is 10.5 Å². The van der Waals surface area contributed by atoms with Crippen LogP contribution in [0.2, 0.25) is 0 Å². The van der Waals surface area contributed by atoms with Gasteiger partial charge in [0, 0.05) is 13.5 Å². The average Bonchev–Trinajstić information content (AvgIpc) is 2.33. The number of amides is 1. The molecule has 0 spiro atoms. The Morgan fingerprint density at radius 3 is 3.12 bits per heavy atom. The molecule has 0 saturated heterocycles. The van der Waals surface area contributed by atoms with Crippen LogP contribution >= 0.6 is 0 Å². The Morgan fingerprint density at radius 2 is 2.47 bits per heavy atom. The van der Waals surface area contributed by atoms with Crippen LogP contribution in [0.25, 0.3) is 0 Å². The van der Waals surface area contributed by atoms with Crippen molar-refractivity contribution >= 4 is 18.2 Å². The lowest BCUT2D eigenvalue weighted by Gasteiger charge is -2.06. The molecule has 0 radical (unpaired) electrons. The van der Waals surface area contributed by atoms with E-state index in [1.807, 2.05) is 0 Å². The minimum Gasteiger partial charge on any atom is -0.465 e. The standard InChI is InChI=1S/C10H13FN4O2/c1-13-10(12)17-5-4-8-7(11)2-3-9(15-8)14-6-16/h2-3,6H,4-5H2,1H3,(H2,12,13)(H,14,15,16). The quantitative estimate of drug-likeness (QED) is 0.440. The third-order valence-corrected chi connectivity index (χ3v) is 1.93. The first-order chi connectivity index (χ1) is 8.17. The number of carbonyl (C=O) groups is 1. The summed E-state index contributed by atoms with van der Waals surface area (Å²) in [6, 6.07) is 2.63. The first-order valence-electron chi connectivity index (χ1n) is 4.88. The highest BCUT2D eigenvalue weighted by molar-refractivity contribution is 5.71. The van der Waals surface area contributed by atoms with Gasteiger partial charge in [-0.05, 0) is 12.1 Å². The van der Waals surface area contributed by atoms with Crippen molar-refractivity contribution < 1.29 is 13.9 Å². The molecule has 0 aromatic carbocycles. The summed E-state index contributed by atoms with van der Waals surface area (Å²) < 4.78 is 18.3. The van der Waals surface area contributed by atoms with Crippen LogP contribution in [-0.4, -0.2) is 31.1 Å². The number of nitrogens with two attached hydrogens (primary N) is 1. The Labute approximate surface area is 97.7 Å². The molecule has 1 rings (SSSR count). The molecule has 0 aliphatic rings. The molecule has 0 atom stereocenters. The predicted molar refractivity (Wildman–Crippen MR) is 61.1 cm³/mol. The maximum absolute atomic E-state index is 13.3. The number of anilines is 1. The molecule has 0 aliphatic carbocycles. The minimum atomic E-state index is -0.461. The molecule has 0 fully saturated rings. The van der Waals surface area contributed by atoms with E-state index in [1.165, 1.54) is 19.2 Å². The molecule has 1 heterocycles. The number of halogens is 1. The number of nitrogens with one attached hydrogen (secondary N) is 1. The van der Waals surface area contributed by atoms with Crippen LogP contribution in [0.4, 0.5) is 10.2 Å². The average molecular weight is 240 g/mol. The topological polar surface area (TPSA) is 89.6 Å². The van der Waals surface area contributed by atoms with Gasteiger partial charge in [0.1, 0.15) is 11.6 Å². The summed E-state index contributed by atoms with van der Waals surface area (Å²) in [5, 5.41) is 2.34. The second kappa shape index (κ2) is 6.41. The molecule has 3 N–H and O–H groups in total. The molecule has 17 heavy (non-hydrogen) atoms. The normalized spacial score (nSPS) is 11.1. The monoisotopic (exact) mass is 240 g/mol. The zero-order chi connectivity index (χ0) is 12.7. The summed E-state index contributed by atoms with van der Waals surface area (Å²) in [4.78, 5) is 17.7. The number of nitrogens with zero attached hydrogens (tertiary/aromatic N) is 2. The van der Waals surface area contributed by atoms with Crippen LogP contribution in [0.15, 0.2) is 17.1 Å². The maximum atomic E-state index is 13.3. The van der Waals surface area contributed by atoms with E-state index >= 15 is 0 Å². The van der Waals surface area contributed by atoms with Crippen molar-refractivity contribution in [2.75, 3.05) is 19.0 Å². The van der Waals surface area contributed by atoms with Gasteiger partial charge in [0.25, 0.3) is 6.02 Å². The summed E-state index contributed by atoms with van der Waals surface area (Å²) >= 11 is 0. The van der Waals surface area contributed by atoms with Crippen LogP contribution in [0.5, 0.6) is 0 Å². The molecule has 6 nitrogen and oxygen atoms in total. The highest BCUT2D eigenvalue weighted by atomic mass is 19.1. The SMILES string of the molecule is C/N=C(/N)OCCc1nc(NC=O)ccc1F. The molecule has 0 saturated carbocycles. The number of aromatic nitrogens is 1. The lowest BCUT2D eigenvalue weighted by atomic mass is 10.2. The highest BCUT2D eigenvalue weighted by Crippen LogP contribution is 2.10. The van der Waals surface area contributed by atoms with E-state index in [2.05, 4.69) is 15.3 Å². The van der Waals surface area contributed by atoms with Gasteiger partial charge in [-0.1, -0.05) is 0 Å². The molecular weight excluding hydrogens is 227 g/mol. The number of rotatable bonds is 5. The molecule has 1 aromatic heterocycles. The Morgan fingerprint density at radius 1 is 1.71 bits per heavy atom. The summed E-state index contributed by atoms with van der Waals surface area (Å²) in [5.41, 5.74) is 5.50. The van der Waals surface area contributed by atoms with E-state index < -0.39 is 5.82 Å². The molecule has 0 bridgehead atoms. The molecule has 92 valence electrons. The van der Waals surface area contributed by atoms with Gasteiger partial charge in [-0.15, -0.1) is 0 Å². The van der Waals surface area contributed by atoms with Gasteiger partial charge in [-0.25, -0.2) is 14.4 Å². The van der Waals surface area contributed by atoms with Crippen molar-refractivity contribution in [3.63, 3.8) is 0 Å². The van der Waals surface area contributed by atoms with Gasteiger partial charge >= 0.3 is 0 Å². The Kier molecular flexibility index (Phi) is 4.86. The van der Waals surface area contributed by atoms with Crippen LogP contribution in [-0.2, 0) is 16.0 Å². The van der Waals surface area contributed by atoms with E-state index in [0.29, 0.717) is 6.41 Å². The molecular formula is C10H13FN4O2. The van der Waals surface area contributed by atoms with Crippen molar-refractivity contribution in [3.05, 3.63) is 23.6 Å². The first-order valence-corrected chi connectivity index (χ1v) is 4.88. The second-order valence-corrected chi connectivity index (χ2v) is 3.05. The van der Waals surface area contributed by atoms with Crippen molar-refractivity contribution in [1.82, 2.24) is 4.98 Å². The third kappa shape index (κ3) is 4.06. The number of hydrogen-bond donors (Lipinski definition) is 2. The van der Waals surface area contributed by atoms with Crippen LogP contribution in [0, 0.1) is 5.82 Å². The van der Waals surface area contributed by atoms with Crippen molar-refractivity contribution in [2.24, 2.45) is 10.7 Å². The van der Waals surface area contributed by atoms with Crippen molar-refractivity contribution in [1.29, 1.82) is 0 Å². The van der Waals surface area contributed by atoms with Crippen molar-refractivity contribution in [2.45, 2.75) is 6.42 Å². The Hall–Kier alpha value is -2.18. The van der Waals surface area contributed by atoms with Crippen LogP contribution < -0.4 is 11.1 Å². The van der Waals surface area contributed by atoms with E-state index in [1.54, 1.807) is 0 Å². The first kappa shape index (κ1) is 12.9. The molecule has 7 heteroatoms. The van der Waals surface area contributed by atoms with Gasteiger partial charge in [0.2, 0.25) is 6.41 Å². The summed E-state index contributed by atoms with van der Waals surface area (Å²) in [7, 11) is 1.49.